The Balaban J connectivity index is 2.00. The lowest BCUT2D eigenvalue weighted by molar-refractivity contribution is 0.0961. The van der Waals surface area contributed by atoms with Crippen molar-refractivity contribution >= 4 is 17.5 Å². The number of nitrogens with one attached hydrogen (secondary N) is 1. The normalized spacial score (nSPS) is 14.0. The maximum absolute atomic E-state index is 14.8. The molecule has 0 radical (unpaired) electrons. The number of aryl methyl sites for hydroxylation is 2. The molecule has 0 aliphatic heterocycles. The van der Waals surface area contributed by atoms with Gasteiger partial charge in [0.15, 0.2) is 0 Å². The fraction of sp³-hybridized carbons (Fsp3) is 0.286. The number of hydrogen-bond acceptors (Lipinski definition) is 4. The van der Waals surface area contributed by atoms with E-state index in [0.717, 1.165) is 12.1 Å². The van der Waals surface area contributed by atoms with Crippen LogP contribution in [0.3, 0.4) is 0 Å². The highest BCUT2D eigenvalue weighted by atomic mass is 35.5. The minimum absolute atomic E-state index is 0.125. The smallest absolute Gasteiger partial charge is 0.277 e. The second-order valence-corrected chi connectivity index (χ2v) is 7.36. The molecule has 2 N–H and O–H groups in total. The van der Waals surface area contributed by atoms with Crippen LogP contribution in [0.5, 0.6) is 5.75 Å². The average Bonchev–Trinajstić information content (AvgIpc) is 2.69. The van der Waals surface area contributed by atoms with E-state index in [4.69, 9.17) is 11.6 Å². The van der Waals surface area contributed by atoms with Crippen molar-refractivity contribution in [2.24, 2.45) is 0 Å². The SMILES string of the molecule is CCCn1cc(C)nc(-c2cc(O)c(C(=O)NC3=C(Cl)CCC=C3F)cc2F)c1=O. The molecule has 158 valence electrons. The van der Waals surface area contributed by atoms with Crippen LogP contribution in [0.4, 0.5) is 8.78 Å². The molecule has 0 atom stereocenters. The number of carbonyl (C=O) groups excluding carboxylic acids is 1. The molecule has 3 rings (SSSR count). The van der Waals surface area contributed by atoms with Gasteiger partial charge in [-0.2, -0.15) is 0 Å². The van der Waals surface area contributed by atoms with E-state index < -0.39 is 34.4 Å². The first-order valence-electron chi connectivity index (χ1n) is 9.40. The fourth-order valence-electron chi connectivity index (χ4n) is 3.17. The Bertz CT molecular complexity index is 1140. The third kappa shape index (κ3) is 4.28. The number of phenolic OH excluding ortho intramolecular Hbond substituents is 1. The Hall–Kier alpha value is -3.00. The van der Waals surface area contributed by atoms with Gasteiger partial charge >= 0.3 is 0 Å². The summed E-state index contributed by atoms with van der Waals surface area (Å²) in [7, 11) is 0. The van der Waals surface area contributed by atoms with Crippen LogP contribution in [0.25, 0.3) is 11.3 Å². The molecule has 30 heavy (non-hydrogen) atoms. The van der Waals surface area contributed by atoms with Crippen molar-refractivity contribution in [1.82, 2.24) is 14.9 Å². The van der Waals surface area contributed by atoms with Gasteiger partial charge in [-0.15, -0.1) is 0 Å². The van der Waals surface area contributed by atoms with Crippen molar-refractivity contribution in [2.75, 3.05) is 0 Å². The Labute approximate surface area is 176 Å². The molecular weight excluding hydrogens is 416 g/mol. The number of hydrogen-bond donors (Lipinski definition) is 2. The van der Waals surface area contributed by atoms with Gasteiger partial charge in [0.05, 0.1) is 17.0 Å². The lowest BCUT2D eigenvalue weighted by atomic mass is 10.1. The number of rotatable bonds is 5. The predicted octanol–water partition coefficient (Wildman–Crippen LogP) is 4.30. The molecule has 0 bridgehead atoms. The molecule has 0 fully saturated rings. The van der Waals surface area contributed by atoms with Gasteiger partial charge in [0.1, 0.15) is 23.1 Å². The summed E-state index contributed by atoms with van der Waals surface area (Å²) >= 11 is 5.96. The molecule has 6 nitrogen and oxygen atoms in total. The molecule has 0 unspecified atom stereocenters. The van der Waals surface area contributed by atoms with Crippen molar-refractivity contribution in [3.05, 3.63) is 68.4 Å². The van der Waals surface area contributed by atoms with Gasteiger partial charge in [-0.25, -0.2) is 13.8 Å². The quantitative estimate of drug-likeness (QED) is 0.733. The number of benzene rings is 1. The summed E-state index contributed by atoms with van der Waals surface area (Å²) in [5.74, 6) is -3.13. The second-order valence-electron chi connectivity index (χ2n) is 6.90. The van der Waals surface area contributed by atoms with E-state index >= 15 is 0 Å². The van der Waals surface area contributed by atoms with E-state index in [0.29, 0.717) is 31.5 Å². The summed E-state index contributed by atoms with van der Waals surface area (Å²) in [6.07, 6.45) is 4.29. The highest BCUT2D eigenvalue weighted by Crippen LogP contribution is 2.30. The molecule has 1 heterocycles. The lowest BCUT2D eigenvalue weighted by Gasteiger charge is -2.15. The van der Waals surface area contributed by atoms with Crippen LogP contribution in [-0.2, 0) is 6.54 Å². The summed E-state index contributed by atoms with van der Waals surface area (Å²) in [6, 6.07) is 1.75. The van der Waals surface area contributed by atoms with E-state index in [1.807, 2.05) is 6.92 Å². The van der Waals surface area contributed by atoms with Crippen LogP contribution in [0.15, 0.2) is 45.8 Å². The highest BCUT2D eigenvalue weighted by molar-refractivity contribution is 6.30. The van der Waals surface area contributed by atoms with Crippen molar-refractivity contribution in [3.8, 4) is 17.0 Å². The van der Waals surface area contributed by atoms with Crippen LogP contribution in [-0.4, -0.2) is 20.6 Å². The Morgan fingerprint density at radius 3 is 2.77 bits per heavy atom. The number of aromatic nitrogens is 2. The average molecular weight is 436 g/mol. The summed E-state index contributed by atoms with van der Waals surface area (Å²) in [4.78, 5) is 29.2. The van der Waals surface area contributed by atoms with Crippen molar-refractivity contribution < 1.29 is 18.7 Å². The molecule has 2 aromatic rings. The van der Waals surface area contributed by atoms with Gasteiger partial charge in [-0.05, 0) is 44.4 Å². The zero-order valence-electron chi connectivity index (χ0n) is 16.4. The number of aromatic hydroxyl groups is 1. The topological polar surface area (TPSA) is 84.2 Å². The number of halogens is 3. The molecule has 9 heteroatoms. The van der Waals surface area contributed by atoms with Crippen molar-refractivity contribution in [1.29, 1.82) is 0 Å². The highest BCUT2D eigenvalue weighted by Gasteiger charge is 2.23. The first kappa shape index (κ1) is 21.7. The third-order valence-electron chi connectivity index (χ3n) is 4.58. The van der Waals surface area contributed by atoms with Crippen molar-refractivity contribution in [3.63, 3.8) is 0 Å². The zero-order valence-corrected chi connectivity index (χ0v) is 17.2. The monoisotopic (exact) mass is 435 g/mol. The van der Waals surface area contributed by atoms with Gasteiger partial charge in [0.2, 0.25) is 0 Å². The minimum atomic E-state index is -0.933. The first-order valence-corrected chi connectivity index (χ1v) is 9.77. The molecule has 0 spiro atoms. The third-order valence-corrected chi connectivity index (χ3v) is 4.96. The minimum Gasteiger partial charge on any atom is -0.507 e. The molecule has 1 amide bonds. The Morgan fingerprint density at radius 2 is 2.10 bits per heavy atom. The predicted molar refractivity (Wildman–Crippen MR) is 109 cm³/mol. The summed E-state index contributed by atoms with van der Waals surface area (Å²) in [5, 5.41) is 12.7. The van der Waals surface area contributed by atoms with Gasteiger partial charge in [-0.3, -0.25) is 9.59 Å². The van der Waals surface area contributed by atoms with Gasteiger partial charge < -0.3 is 15.0 Å². The zero-order chi connectivity index (χ0) is 22.0. The van der Waals surface area contributed by atoms with E-state index in [9.17, 15) is 23.5 Å². The van der Waals surface area contributed by atoms with Gasteiger partial charge in [0, 0.05) is 23.3 Å². The summed E-state index contributed by atoms with van der Waals surface area (Å²) in [5.41, 5.74) is -1.05. The number of allylic oxidation sites excluding steroid dienone is 3. The van der Waals surface area contributed by atoms with Crippen LogP contribution in [0.1, 0.15) is 42.2 Å². The fourth-order valence-corrected chi connectivity index (χ4v) is 3.42. The number of phenols is 1. The molecule has 1 aromatic heterocycles. The Morgan fingerprint density at radius 1 is 1.37 bits per heavy atom. The van der Waals surface area contributed by atoms with Crippen molar-refractivity contribution in [2.45, 2.75) is 39.7 Å². The molecule has 1 aromatic carbocycles. The van der Waals surface area contributed by atoms with Crippen LogP contribution >= 0.6 is 11.6 Å². The maximum Gasteiger partial charge on any atom is 0.277 e. The van der Waals surface area contributed by atoms with E-state index in [2.05, 4.69) is 10.3 Å². The second kappa shape index (κ2) is 8.79. The van der Waals surface area contributed by atoms with Gasteiger partial charge in [-0.1, -0.05) is 18.5 Å². The van der Waals surface area contributed by atoms with Crippen LogP contribution < -0.4 is 10.9 Å². The lowest BCUT2D eigenvalue weighted by Crippen LogP contribution is -2.26. The number of nitrogens with zero attached hydrogens (tertiary/aromatic N) is 2. The van der Waals surface area contributed by atoms with Gasteiger partial charge in [0.25, 0.3) is 11.5 Å². The number of carbonyl (C=O) groups is 1. The first-order chi connectivity index (χ1) is 14.2. The van der Waals surface area contributed by atoms with E-state index in [1.165, 1.54) is 10.6 Å². The van der Waals surface area contributed by atoms with Crippen LogP contribution in [0.2, 0.25) is 0 Å². The van der Waals surface area contributed by atoms with Crippen LogP contribution in [0, 0.1) is 12.7 Å². The summed E-state index contributed by atoms with van der Waals surface area (Å²) < 4.78 is 30.2. The summed E-state index contributed by atoms with van der Waals surface area (Å²) in [6.45, 7) is 3.99. The van der Waals surface area contributed by atoms with E-state index in [-0.39, 0.29) is 22.0 Å². The standard InChI is InChI=1S/C21H20ClF2N3O3/c1-3-7-27-10-11(2)25-18(21(27)30)12-9-17(28)13(8-16(12)24)20(29)26-19-14(22)5-4-6-15(19)23/h6,8-10,28H,3-5,7H2,1-2H3,(H,26,29). The molecule has 1 aliphatic carbocycles. The molecule has 1 aliphatic rings. The molecule has 0 saturated carbocycles. The largest absolute Gasteiger partial charge is 0.507 e. The van der Waals surface area contributed by atoms with E-state index in [1.54, 1.807) is 13.1 Å². The maximum atomic E-state index is 14.8. The molecule has 0 saturated heterocycles. The number of amides is 1. The Kier molecular flexibility index (Phi) is 6.36. The molecular formula is C21H20ClF2N3O3.